The van der Waals surface area contributed by atoms with Crippen molar-refractivity contribution in [3.63, 3.8) is 0 Å². The lowest BCUT2D eigenvalue weighted by atomic mass is 10.1. The number of nitrogen functional groups attached to an aromatic ring is 1. The number of nitrogens with two attached hydrogens (primary N) is 1. The van der Waals surface area contributed by atoms with Gasteiger partial charge in [0.05, 0.1) is 12.7 Å². The van der Waals surface area contributed by atoms with Crippen molar-refractivity contribution in [2.75, 3.05) is 5.73 Å². The Hall–Kier alpha value is -1.84. The molecule has 0 bridgehead atoms. The SMILES string of the molecule is Cc1ccc(C)c(Cn2cc(N)nn2)c1. The number of anilines is 1. The number of aryl methyl sites for hydroxylation is 2. The zero-order valence-electron chi connectivity index (χ0n) is 8.94. The van der Waals surface area contributed by atoms with Gasteiger partial charge in [-0.05, 0) is 25.0 Å². The van der Waals surface area contributed by atoms with Crippen molar-refractivity contribution in [3.8, 4) is 0 Å². The lowest BCUT2D eigenvalue weighted by Gasteiger charge is -2.06. The summed E-state index contributed by atoms with van der Waals surface area (Å²) in [5, 5.41) is 7.68. The largest absolute Gasteiger partial charge is 0.381 e. The Morgan fingerprint density at radius 3 is 2.80 bits per heavy atom. The third kappa shape index (κ3) is 2.15. The molecule has 0 amide bonds. The molecule has 4 nitrogen and oxygen atoms in total. The van der Waals surface area contributed by atoms with Gasteiger partial charge in [-0.15, -0.1) is 5.10 Å². The summed E-state index contributed by atoms with van der Waals surface area (Å²) < 4.78 is 1.75. The number of hydrogen-bond acceptors (Lipinski definition) is 3. The van der Waals surface area contributed by atoms with E-state index in [0.717, 1.165) is 6.54 Å². The molecule has 0 aliphatic heterocycles. The van der Waals surface area contributed by atoms with Crippen LogP contribution in [0.1, 0.15) is 16.7 Å². The van der Waals surface area contributed by atoms with E-state index < -0.39 is 0 Å². The molecule has 2 N–H and O–H groups in total. The van der Waals surface area contributed by atoms with Gasteiger partial charge in [0.15, 0.2) is 5.82 Å². The fraction of sp³-hybridized carbons (Fsp3) is 0.273. The van der Waals surface area contributed by atoms with Gasteiger partial charge in [0.1, 0.15) is 0 Å². The van der Waals surface area contributed by atoms with Crippen molar-refractivity contribution in [2.24, 2.45) is 0 Å². The van der Waals surface area contributed by atoms with Crippen LogP contribution in [0.5, 0.6) is 0 Å². The second-order valence-electron chi connectivity index (χ2n) is 3.77. The first kappa shape index (κ1) is 9.71. The molecule has 0 saturated carbocycles. The second-order valence-corrected chi connectivity index (χ2v) is 3.77. The van der Waals surface area contributed by atoms with Crippen molar-refractivity contribution in [2.45, 2.75) is 20.4 Å². The Kier molecular flexibility index (Phi) is 2.41. The minimum absolute atomic E-state index is 0.459. The average molecular weight is 202 g/mol. The van der Waals surface area contributed by atoms with Crippen molar-refractivity contribution in [1.82, 2.24) is 15.0 Å². The second kappa shape index (κ2) is 3.73. The third-order valence-corrected chi connectivity index (χ3v) is 2.39. The lowest BCUT2D eigenvalue weighted by molar-refractivity contribution is 0.647. The number of hydrogen-bond donors (Lipinski definition) is 1. The monoisotopic (exact) mass is 202 g/mol. The Bertz CT molecular complexity index is 473. The van der Waals surface area contributed by atoms with Crippen LogP contribution in [0, 0.1) is 13.8 Å². The van der Waals surface area contributed by atoms with E-state index in [2.05, 4.69) is 42.4 Å². The normalized spacial score (nSPS) is 10.5. The third-order valence-electron chi connectivity index (χ3n) is 2.39. The number of rotatable bonds is 2. The van der Waals surface area contributed by atoms with Crippen LogP contribution in [-0.4, -0.2) is 15.0 Å². The highest BCUT2D eigenvalue weighted by Gasteiger charge is 2.01. The number of nitrogens with zero attached hydrogens (tertiary/aromatic N) is 3. The van der Waals surface area contributed by atoms with E-state index in [1.54, 1.807) is 10.9 Å². The summed E-state index contributed by atoms with van der Waals surface area (Å²) in [5.74, 6) is 0.459. The molecule has 0 unspecified atom stereocenters. The van der Waals surface area contributed by atoms with Crippen LogP contribution in [0.15, 0.2) is 24.4 Å². The highest BCUT2D eigenvalue weighted by molar-refractivity contribution is 5.31. The smallest absolute Gasteiger partial charge is 0.165 e. The minimum atomic E-state index is 0.459. The van der Waals surface area contributed by atoms with Gasteiger partial charge in [-0.3, -0.25) is 0 Å². The molecule has 1 aromatic heterocycles. The van der Waals surface area contributed by atoms with Gasteiger partial charge in [-0.1, -0.05) is 29.0 Å². The van der Waals surface area contributed by atoms with Crippen LogP contribution in [0.2, 0.25) is 0 Å². The predicted octanol–water partition coefficient (Wildman–Crippen LogP) is 1.53. The zero-order chi connectivity index (χ0) is 10.8. The van der Waals surface area contributed by atoms with Crippen molar-refractivity contribution in [3.05, 3.63) is 41.1 Å². The summed E-state index contributed by atoms with van der Waals surface area (Å²) in [6.07, 6.45) is 1.74. The van der Waals surface area contributed by atoms with Crippen molar-refractivity contribution >= 4 is 5.82 Å². The van der Waals surface area contributed by atoms with Crippen LogP contribution in [-0.2, 0) is 6.54 Å². The van der Waals surface area contributed by atoms with Crippen LogP contribution < -0.4 is 5.73 Å². The fourth-order valence-corrected chi connectivity index (χ4v) is 1.54. The van der Waals surface area contributed by atoms with E-state index in [1.165, 1.54) is 16.7 Å². The van der Waals surface area contributed by atoms with E-state index in [-0.39, 0.29) is 0 Å². The topological polar surface area (TPSA) is 56.7 Å². The molecule has 78 valence electrons. The fourth-order valence-electron chi connectivity index (χ4n) is 1.54. The molecule has 0 aliphatic carbocycles. The summed E-state index contributed by atoms with van der Waals surface area (Å²) in [7, 11) is 0. The van der Waals surface area contributed by atoms with Gasteiger partial charge < -0.3 is 5.73 Å². The van der Waals surface area contributed by atoms with Gasteiger partial charge in [0.25, 0.3) is 0 Å². The molecular weight excluding hydrogens is 188 g/mol. The first-order valence-electron chi connectivity index (χ1n) is 4.87. The Balaban J connectivity index is 2.27. The molecule has 0 atom stereocenters. The maximum Gasteiger partial charge on any atom is 0.165 e. The molecule has 1 heterocycles. The van der Waals surface area contributed by atoms with Crippen LogP contribution >= 0.6 is 0 Å². The van der Waals surface area contributed by atoms with Gasteiger partial charge in [-0.25, -0.2) is 4.68 Å². The summed E-state index contributed by atoms with van der Waals surface area (Å²) in [6, 6.07) is 6.38. The molecule has 0 saturated heterocycles. The van der Waals surface area contributed by atoms with Crippen LogP contribution in [0.3, 0.4) is 0 Å². The molecule has 0 spiro atoms. The maximum atomic E-state index is 5.51. The lowest BCUT2D eigenvalue weighted by Crippen LogP contribution is -2.02. The maximum absolute atomic E-state index is 5.51. The van der Waals surface area contributed by atoms with Gasteiger partial charge in [0, 0.05) is 0 Å². The molecule has 0 fully saturated rings. The standard InChI is InChI=1S/C11H14N4/c1-8-3-4-9(2)10(5-8)6-15-7-11(12)13-14-15/h3-5,7H,6,12H2,1-2H3. The quantitative estimate of drug-likeness (QED) is 0.803. The molecule has 0 aliphatic rings. The van der Waals surface area contributed by atoms with Gasteiger partial charge >= 0.3 is 0 Å². The van der Waals surface area contributed by atoms with Crippen molar-refractivity contribution in [1.29, 1.82) is 0 Å². The first-order chi connectivity index (χ1) is 7.15. The van der Waals surface area contributed by atoms with Crippen LogP contribution in [0.4, 0.5) is 5.82 Å². The van der Waals surface area contributed by atoms with E-state index in [4.69, 9.17) is 5.73 Å². The molecule has 2 aromatic rings. The number of aromatic nitrogens is 3. The summed E-state index contributed by atoms with van der Waals surface area (Å²) in [6.45, 7) is 4.89. The molecule has 15 heavy (non-hydrogen) atoms. The molecular formula is C11H14N4. The van der Waals surface area contributed by atoms with E-state index >= 15 is 0 Å². The molecule has 1 aromatic carbocycles. The van der Waals surface area contributed by atoms with E-state index in [0.29, 0.717) is 5.82 Å². The summed E-state index contributed by atoms with van der Waals surface area (Å²) in [5.41, 5.74) is 9.27. The highest BCUT2D eigenvalue weighted by Crippen LogP contribution is 2.12. The first-order valence-corrected chi connectivity index (χ1v) is 4.87. The Morgan fingerprint density at radius 2 is 2.13 bits per heavy atom. The van der Waals surface area contributed by atoms with Crippen molar-refractivity contribution < 1.29 is 0 Å². The summed E-state index contributed by atoms with van der Waals surface area (Å²) in [4.78, 5) is 0. The van der Waals surface area contributed by atoms with E-state index in [9.17, 15) is 0 Å². The highest BCUT2D eigenvalue weighted by atomic mass is 15.4. The molecule has 0 radical (unpaired) electrons. The minimum Gasteiger partial charge on any atom is -0.381 e. The number of benzene rings is 1. The van der Waals surface area contributed by atoms with Gasteiger partial charge in [0.2, 0.25) is 0 Å². The molecule has 4 heteroatoms. The van der Waals surface area contributed by atoms with E-state index in [1.807, 2.05) is 0 Å². The van der Waals surface area contributed by atoms with Gasteiger partial charge in [-0.2, -0.15) is 0 Å². The average Bonchev–Trinajstić information content (AvgIpc) is 2.58. The molecule has 2 rings (SSSR count). The van der Waals surface area contributed by atoms with Crippen LogP contribution in [0.25, 0.3) is 0 Å². The Morgan fingerprint density at radius 1 is 1.33 bits per heavy atom. The zero-order valence-corrected chi connectivity index (χ0v) is 8.94. The summed E-state index contributed by atoms with van der Waals surface area (Å²) >= 11 is 0. The Labute approximate surface area is 88.7 Å². The predicted molar refractivity (Wildman–Crippen MR) is 59.5 cm³/mol.